The number of alkyl halides is 1. The first-order valence-corrected chi connectivity index (χ1v) is 16.6. The predicted molar refractivity (Wildman–Crippen MR) is 186 cm³/mol. The molecule has 3 aliphatic rings. The lowest BCUT2D eigenvalue weighted by atomic mass is 9.83. The van der Waals surface area contributed by atoms with Gasteiger partial charge in [0.05, 0.1) is 47.2 Å². The molecule has 13 heteroatoms. The normalized spacial score (nSPS) is 25.9. The highest BCUT2D eigenvalue weighted by Gasteiger charge is 2.55. The zero-order valence-electron chi connectivity index (χ0n) is 28.7. The lowest BCUT2D eigenvalue weighted by molar-refractivity contribution is -0.129. The molecule has 5 atom stereocenters. The van der Waals surface area contributed by atoms with E-state index in [1.807, 2.05) is 30.7 Å². The first kappa shape index (κ1) is 34.1. The Bertz CT molecular complexity index is 2200. The predicted octanol–water partition coefficient (Wildman–Crippen LogP) is 5.43. The number of carbonyl (C=O) groups is 1. The summed E-state index contributed by atoms with van der Waals surface area (Å²) >= 11 is 0. The molecular weight excluding hydrogens is 659 g/mol. The number of rotatable bonds is 7. The highest BCUT2D eigenvalue weighted by atomic mass is 19.1. The number of amides is 1. The first-order chi connectivity index (χ1) is 24.3. The maximum Gasteiger partial charge on any atom is 0.319 e. The topological polar surface area (TPSA) is 108 Å². The number of aromatic nitrogens is 3. The molecule has 10 nitrogen and oxygen atoms in total. The molecule has 4 aromatic rings. The number of ether oxygens (including phenoxy) is 2. The van der Waals surface area contributed by atoms with E-state index in [1.54, 1.807) is 17.0 Å². The third-order valence-electron chi connectivity index (χ3n) is 10.8. The number of carbonyl (C=O) groups excluding carboxylic acids is 1. The second-order valence-corrected chi connectivity index (χ2v) is 14.1. The van der Waals surface area contributed by atoms with Crippen LogP contribution in [-0.2, 0) is 4.79 Å². The van der Waals surface area contributed by atoms with Crippen molar-refractivity contribution in [2.45, 2.75) is 50.5 Å². The number of nitrogens with zero attached hydrogens (tertiary/aromatic N) is 7. The zero-order valence-corrected chi connectivity index (χ0v) is 28.7. The number of hydrogen-bond donors (Lipinski definition) is 0. The van der Waals surface area contributed by atoms with E-state index in [0.29, 0.717) is 23.4 Å². The average molecular weight is 696 g/mol. The molecule has 0 radical (unpaired) electrons. The third kappa shape index (κ3) is 5.47. The summed E-state index contributed by atoms with van der Waals surface area (Å²) in [5.41, 5.74) is -1.64. The minimum absolute atomic E-state index is 0.0269. The molecule has 2 bridgehead atoms. The van der Waals surface area contributed by atoms with E-state index >= 15 is 8.78 Å². The van der Waals surface area contributed by atoms with Crippen LogP contribution in [0.15, 0.2) is 43.1 Å². The van der Waals surface area contributed by atoms with Crippen LogP contribution in [0, 0.1) is 40.7 Å². The van der Waals surface area contributed by atoms with Crippen LogP contribution in [0.3, 0.4) is 0 Å². The second kappa shape index (κ2) is 12.4. The molecule has 0 N–H and O–H groups in total. The monoisotopic (exact) mass is 695 g/mol. The van der Waals surface area contributed by atoms with Crippen LogP contribution in [0.1, 0.15) is 32.3 Å². The van der Waals surface area contributed by atoms with E-state index in [4.69, 9.17) is 20.9 Å². The molecule has 1 unspecified atom stereocenters. The van der Waals surface area contributed by atoms with Crippen molar-refractivity contribution in [2.24, 2.45) is 5.41 Å². The molecule has 2 aromatic carbocycles. The van der Waals surface area contributed by atoms with E-state index in [2.05, 4.69) is 28.5 Å². The summed E-state index contributed by atoms with van der Waals surface area (Å²) in [4.78, 5) is 32.2. The second-order valence-electron chi connectivity index (χ2n) is 14.1. The Morgan fingerprint density at radius 3 is 2.65 bits per heavy atom. The third-order valence-corrected chi connectivity index (χ3v) is 10.8. The maximum atomic E-state index is 17.1. The Balaban J connectivity index is 1.40. The van der Waals surface area contributed by atoms with E-state index in [1.165, 1.54) is 31.5 Å². The van der Waals surface area contributed by atoms with Crippen LogP contribution in [0.4, 0.5) is 19.0 Å². The summed E-state index contributed by atoms with van der Waals surface area (Å²) in [5.74, 6) is 1.32. The molecule has 5 heterocycles. The smallest absolute Gasteiger partial charge is 0.319 e. The summed E-state index contributed by atoms with van der Waals surface area (Å²) < 4.78 is 58.1. The van der Waals surface area contributed by atoms with E-state index in [-0.39, 0.29) is 83.7 Å². The zero-order chi connectivity index (χ0) is 36.4. The number of hydrogen-bond acceptors (Lipinski definition) is 9. The Labute approximate surface area is 293 Å². The van der Waals surface area contributed by atoms with E-state index in [0.717, 1.165) is 0 Å². The van der Waals surface area contributed by atoms with Gasteiger partial charge in [0.15, 0.2) is 5.82 Å². The minimum atomic E-state index is -1.03. The van der Waals surface area contributed by atoms with Gasteiger partial charge in [0.1, 0.15) is 41.4 Å². The Morgan fingerprint density at radius 1 is 1.20 bits per heavy atom. The summed E-state index contributed by atoms with van der Waals surface area (Å²) in [6, 6.07) is 7.40. The highest BCUT2D eigenvalue weighted by molar-refractivity contribution is 6.03. The van der Waals surface area contributed by atoms with Crippen molar-refractivity contribution < 1.29 is 27.4 Å². The van der Waals surface area contributed by atoms with Crippen LogP contribution < -0.4 is 14.4 Å². The SMILES string of the molecule is C#Cc1c(F)ccc2cc(OC)cc(-c3ncc4c(N5C[C@H]6CC(C)(C#N)[C@@H](C5)N6C(=O)C=C)nc(OC[C@]5(C)C[C@@H](F)CN5C)nc4c3F)c12. The van der Waals surface area contributed by atoms with Gasteiger partial charge in [-0.2, -0.15) is 15.2 Å². The van der Waals surface area contributed by atoms with Gasteiger partial charge in [-0.25, -0.2) is 13.2 Å². The lowest BCUT2D eigenvalue weighted by Crippen LogP contribution is -2.57. The number of benzene rings is 2. The number of methoxy groups -OCH3 is 1. The van der Waals surface area contributed by atoms with E-state index in [9.17, 15) is 14.4 Å². The summed E-state index contributed by atoms with van der Waals surface area (Å²) in [6.07, 6.45) is 8.06. The van der Waals surface area contributed by atoms with Gasteiger partial charge in [0, 0.05) is 43.2 Å². The molecule has 0 spiro atoms. The van der Waals surface area contributed by atoms with Gasteiger partial charge in [-0.15, -0.1) is 6.42 Å². The van der Waals surface area contributed by atoms with E-state index < -0.39 is 34.8 Å². The van der Waals surface area contributed by atoms with Gasteiger partial charge in [0.25, 0.3) is 0 Å². The molecule has 3 aliphatic heterocycles. The van der Waals surface area contributed by atoms with Gasteiger partial charge in [-0.1, -0.05) is 18.6 Å². The number of fused-ring (bicyclic) bond motifs is 4. The number of likely N-dealkylation sites (N-methyl/N-ethyl adjacent to an activating group) is 1. The van der Waals surface area contributed by atoms with Gasteiger partial charge in [-0.05, 0) is 57.0 Å². The standard InChI is InChI=1S/C38H36F3N7O3/c1-7-25-28(40)10-9-21-11-24(50-6)12-26(31(21)25)33-32(41)34-27(15-43-33)35(45-36(44-34)51-20-38(4)13-22(39)16-46(38)5)47-17-23-14-37(3,19-42)29(18-47)48(23)30(49)8-2/h1,8-12,15,22-23,29H,2,13-14,16-18,20H2,3-6H3/t22-,23-,29-,37?,38+/m1/s1. The first-order valence-electron chi connectivity index (χ1n) is 16.6. The number of likely N-dealkylation sites (tertiary alicyclic amines) is 1. The fourth-order valence-corrected chi connectivity index (χ4v) is 7.98. The molecule has 1 amide bonds. The number of anilines is 1. The van der Waals surface area contributed by atoms with Gasteiger partial charge in [0.2, 0.25) is 5.91 Å². The Morgan fingerprint density at radius 2 is 1.98 bits per heavy atom. The molecule has 3 saturated heterocycles. The fourth-order valence-electron chi connectivity index (χ4n) is 7.98. The molecule has 2 aromatic heterocycles. The summed E-state index contributed by atoms with van der Waals surface area (Å²) in [7, 11) is 3.27. The number of nitriles is 1. The van der Waals surface area contributed by atoms with Crippen molar-refractivity contribution in [3.8, 4) is 41.4 Å². The molecule has 51 heavy (non-hydrogen) atoms. The lowest BCUT2D eigenvalue weighted by Gasteiger charge is -2.42. The average Bonchev–Trinajstić information content (AvgIpc) is 3.49. The van der Waals surface area contributed by atoms with Crippen molar-refractivity contribution in [1.29, 1.82) is 5.26 Å². The summed E-state index contributed by atoms with van der Waals surface area (Å²) in [5, 5.41) is 11.2. The molecule has 0 aliphatic carbocycles. The number of piperazine rings is 1. The van der Waals surface area contributed by atoms with Crippen LogP contribution in [0.25, 0.3) is 32.9 Å². The van der Waals surface area contributed by atoms with Crippen molar-refractivity contribution in [3.05, 3.63) is 60.3 Å². The van der Waals surface area contributed by atoms with Gasteiger partial charge < -0.3 is 19.3 Å². The van der Waals surface area contributed by atoms with Crippen LogP contribution >= 0.6 is 0 Å². The van der Waals surface area contributed by atoms with Crippen molar-refractivity contribution >= 4 is 33.4 Å². The minimum Gasteiger partial charge on any atom is -0.497 e. The fraction of sp³-hybridized carbons (Fsp3) is 0.395. The molecular formula is C38H36F3N7O3. The van der Waals surface area contributed by atoms with Gasteiger partial charge >= 0.3 is 6.01 Å². The molecule has 3 fully saturated rings. The van der Waals surface area contributed by atoms with Crippen molar-refractivity contribution in [3.63, 3.8) is 0 Å². The maximum absolute atomic E-state index is 17.1. The van der Waals surface area contributed by atoms with Crippen molar-refractivity contribution in [1.82, 2.24) is 24.8 Å². The molecule has 7 rings (SSSR count). The van der Waals surface area contributed by atoms with Gasteiger partial charge in [-0.3, -0.25) is 14.7 Å². The number of terminal acetylenes is 1. The number of halogens is 3. The Kier molecular flexibility index (Phi) is 8.30. The van der Waals surface area contributed by atoms with Crippen LogP contribution in [0.5, 0.6) is 11.8 Å². The van der Waals surface area contributed by atoms with Crippen LogP contribution in [0.2, 0.25) is 0 Å². The van der Waals surface area contributed by atoms with Crippen LogP contribution in [-0.4, -0.2) is 94.9 Å². The largest absolute Gasteiger partial charge is 0.497 e. The Hall–Kier alpha value is -5.40. The number of pyridine rings is 1. The van der Waals surface area contributed by atoms with Crippen molar-refractivity contribution in [2.75, 3.05) is 45.3 Å². The molecule has 262 valence electrons. The summed E-state index contributed by atoms with van der Waals surface area (Å²) in [6.45, 7) is 8.13. The molecule has 0 saturated carbocycles. The quantitative estimate of drug-likeness (QED) is 0.185. The highest BCUT2D eigenvalue weighted by Crippen LogP contribution is 2.46.